The van der Waals surface area contributed by atoms with Gasteiger partial charge in [0.05, 0.1) is 0 Å². The summed E-state index contributed by atoms with van der Waals surface area (Å²) >= 11 is 2.07. The molecule has 1 aliphatic heterocycles. The number of hydrogen-bond acceptors (Lipinski definition) is 4. The Bertz CT molecular complexity index is 400. The van der Waals surface area contributed by atoms with Crippen LogP contribution in [0.1, 0.15) is 19.4 Å². The molecule has 0 aromatic heterocycles. The van der Waals surface area contributed by atoms with Gasteiger partial charge in [0.2, 0.25) is 0 Å². The van der Waals surface area contributed by atoms with Crippen LogP contribution < -0.4 is 10.1 Å². The first-order valence-electron chi connectivity index (χ1n) is 7.54. The Hall–Kier alpha value is -0.710. The predicted molar refractivity (Wildman–Crippen MR) is 87.7 cm³/mol. The van der Waals surface area contributed by atoms with Gasteiger partial charge in [-0.05, 0) is 24.2 Å². The summed E-state index contributed by atoms with van der Waals surface area (Å²) in [7, 11) is 0. The molecule has 1 fully saturated rings. The molecule has 4 heteroatoms. The van der Waals surface area contributed by atoms with E-state index in [1.165, 1.54) is 24.4 Å². The van der Waals surface area contributed by atoms with E-state index < -0.39 is 0 Å². The zero-order valence-corrected chi connectivity index (χ0v) is 13.4. The van der Waals surface area contributed by atoms with Crippen molar-refractivity contribution in [3.05, 3.63) is 29.8 Å². The highest BCUT2D eigenvalue weighted by atomic mass is 32.2. The third kappa shape index (κ3) is 5.35. The standard InChI is InChI=1S/C16H26N2OS/c1-3-17-12-15-5-4-6-16(11-15)19-9-7-18-8-10-20-14(2)13-18/h4-6,11,14,17H,3,7-10,12-13H2,1-2H3. The van der Waals surface area contributed by atoms with Crippen LogP contribution in [-0.2, 0) is 6.54 Å². The number of rotatable bonds is 7. The van der Waals surface area contributed by atoms with Crippen molar-refractivity contribution in [3.8, 4) is 5.75 Å². The Kier molecular flexibility index (Phi) is 6.70. The molecule has 0 radical (unpaired) electrons. The number of hydrogen-bond donors (Lipinski definition) is 1. The van der Waals surface area contributed by atoms with Crippen LogP contribution in [0.3, 0.4) is 0 Å². The molecule has 1 unspecified atom stereocenters. The van der Waals surface area contributed by atoms with E-state index in [-0.39, 0.29) is 0 Å². The van der Waals surface area contributed by atoms with E-state index in [0.717, 1.165) is 37.2 Å². The van der Waals surface area contributed by atoms with Crippen LogP contribution in [0.5, 0.6) is 5.75 Å². The predicted octanol–water partition coefficient (Wildman–Crippen LogP) is 2.61. The van der Waals surface area contributed by atoms with Crippen molar-refractivity contribution < 1.29 is 4.74 Å². The Balaban J connectivity index is 1.73. The van der Waals surface area contributed by atoms with E-state index in [1.807, 2.05) is 6.07 Å². The SMILES string of the molecule is CCNCc1cccc(OCCN2CCSC(C)C2)c1. The van der Waals surface area contributed by atoms with Crippen LogP contribution >= 0.6 is 11.8 Å². The van der Waals surface area contributed by atoms with Crippen molar-refractivity contribution in [1.82, 2.24) is 10.2 Å². The Morgan fingerprint density at radius 3 is 3.15 bits per heavy atom. The summed E-state index contributed by atoms with van der Waals surface area (Å²) in [6.07, 6.45) is 0. The van der Waals surface area contributed by atoms with Gasteiger partial charge in [0, 0.05) is 37.2 Å². The van der Waals surface area contributed by atoms with Crippen molar-refractivity contribution in [2.75, 3.05) is 38.5 Å². The molecule has 0 bridgehead atoms. The smallest absolute Gasteiger partial charge is 0.119 e. The van der Waals surface area contributed by atoms with Crippen LogP contribution in [0.4, 0.5) is 0 Å². The molecule has 1 aliphatic rings. The Morgan fingerprint density at radius 1 is 1.45 bits per heavy atom. The highest BCUT2D eigenvalue weighted by Gasteiger charge is 2.15. The summed E-state index contributed by atoms with van der Waals surface area (Å²) in [6.45, 7) is 10.5. The molecule has 1 aromatic carbocycles. The quantitative estimate of drug-likeness (QED) is 0.835. The highest BCUT2D eigenvalue weighted by molar-refractivity contribution is 7.99. The molecule has 0 aliphatic carbocycles. The number of thioether (sulfide) groups is 1. The van der Waals surface area contributed by atoms with Crippen molar-refractivity contribution in [3.63, 3.8) is 0 Å². The van der Waals surface area contributed by atoms with E-state index in [1.54, 1.807) is 0 Å². The zero-order chi connectivity index (χ0) is 14.2. The monoisotopic (exact) mass is 294 g/mol. The van der Waals surface area contributed by atoms with Crippen molar-refractivity contribution >= 4 is 11.8 Å². The molecule has 1 saturated heterocycles. The third-order valence-electron chi connectivity index (χ3n) is 3.48. The van der Waals surface area contributed by atoms with E-state index in [4.69, 9.17) is 4.74 Å². The van der Waals surface area contributed by atoms with Gasteiger partial charge in [-0.15, -0.1) is 0 Å². The van der Waals surface area contributed by atoms with Crippen LogP contribution in [0.15, 0.2) is 24.3 Å². The molecular weight excluding hydrogens is 268 g/mol. The van der Waals surface area contributed by atoms with Gasteiger partial charge in [-0.2, -0.15) is 11.8 Å². The van der Waals surface area contributed by atoms with Crippen LogP contribution in [0, 0.1) is 0 Å². The molecule has 1 atom stereocenters. The summed E-state index contributed by atoms with van der Waals surface area (Å²) in [5.74, 6) is 2.24. The van der Waals surface area contributed by atoms with E-state index >= 15 is 0 Å². The lowest BCUT2D eigenvalue weighted by Gasteiger charge is -2.30. The zero-order valence-electron chi connectivity index (χ0n) is 12.6. The topological polar surface area (TPSA) is 24.5 Å². The normalized spacial score (nSPS) is 20.0. The Labute approximate surface area is 127 Å². The van der Waals surface area contributed by atoms with E-state index in [9.17, 15) is 0 Å². The average Bonchev–Trinajstić information content (AvgIpc) is 2.46. The lowest BCUT2D eigenvalue weighted by Crippen LogP contribution is -2.39. The molecule has 1 N–H and O–H groups in total. The van der Waals surface area contributed by atoms with Crippen molar-refractivity contribution in [2.45, 2.75) is 25.6 Å². The number of nitrogens with one attached hydrogen (secondary N) is 1. The fourth-order valence-corrected chi connectivity index (χ4v) is 3.48. The first kappa shape index (κ1) is 15.7. The molecule has 0 saturated carbocycles. The molecule has 0 amide bonds. The van der Waals surface area contributed by atoms with Gasteiger partial charge in [-0.1, -0.05) is 26.0 Å². The maximum atomic E-state index is 5.89. The molecule has 2 rings (SSSR count). The van der Waals surface area contributed by atoms with Crippen molar-refractivity contribution in [1.29, 1.82) is 0 Å². The average molecular weight is 294 g/mol. The molecular formula is C16H26N2OS. The molecule has 20 heavy (non-hydrogen) atoms. The summed E-state index contributed by atoms with van der Waals surface area (Å²) in [5.41, 5.74) is 1.28. The van der Waals surface area contributed by atoms with Gasteiger partial charge in [-0.25, -0.2) is 0 Å². The summed E-state index contributed by atoms with van der Waals surface area (Å²) in [5, 5.41) is 4.09. The second kappa shape index (κ2) is 8.55. The lowest BCUT2D eigenvalue weighted by atomic mass is 10.2. The third-order valence-corrected chi connectivity index (χ3v) is 4.62. The van der Waals surface area contributed by atoms with Gasteiger partial charge in [0.15, 0.2) is 0 Å². The van der Waals surface area contributed by atoms with E-state index in [0.29, 0.717) is 0 Å². The summed E-state index contributed by atoms with van der Waals surface area (Å²) in [6, 6.07) is 8.39. The van der Waals surface area contributed by atoms with E-state index in [2.05, 4.69) is 54.0 Å². The lowest BCUT2D eigenvalue weighted by molar-refractivity contribution is 0.215. The van der Waals surface area contributed by atoms with Gasteiger partial charge >= 0.3 is 0 Å². The largest absolute Gasteiger partial charge is 0.492 e. The fourth-order valence-electron chi connectivity index (χ4n) is 2.40. The molecule has 3 nitrogen and oxygen atoms in total. The highest BCUT2D eigenvalue weighted by Crippen LogP contribution is 2.18. The van der Waals surface area contributed by atoms with Crippen LogP contribution in [0.2, 0.25) is 0 Å². The first-order valence-corrected chi connectivity index (χ1v) is 8.59. The minimum absolute atomic E-state index is 0.757. The first-order chi connectivity index (χ1) is 9.78. The van der Waals surface area contributed by atoms with Gasteiger partial charge in [0.1, 0.15) is 12.4 Å². The van der Waals surface area contributed by atoms with Crippen molar-refractivity contribution in [2.24, 2.45) is 0 Å². The van der Waals surface area contributed by atoms with Crippen LogP contribution in [-0.4, -0.2) is 48.7 Å². The number of benzene rings is 1. The number of nitrogens with zero attached hydrogens (tertiary/aromatic N) is 1. The molecule has 112 valence electrons. The molecule has 1 heterocycles. The van der Waals surface area contributed by atoms with Gasteiger partial charge < -0.3 is 10.1 Å². The fraction of sp³-hybridized carbons (Fsp3) is 0.625. The molecule has 0 spiro atoms. The Morgan fingerprint density at radius 2 is 2.35 bits per heavy atom. The maximum Gasteiger partial charge on any atom is 0.119 e. The summed E-state index contributed by atoms with van der Waals surface area (Å²) < 4.78 is 5.89. The van der Waals surface area contributed by atoms with Crippen LogP contribution in [0.25, 0.3) is 0 Å². The second-order valence-electron chi connectivity index (χ2n) is 5.26. The maximum absolute atomic E-state index is 5.89. The minimum Gasteiger partial charge on any atom is -0.492 e. The number of ether oxygens (including phenoxy) is 1. The molecule has 1 aromatic rings. The van der Waals surface area contributed by atoms with Gasteiger partial charge in [-0.3, -0.25) is 4.90 Å². The second-order valence-corrected chi connectivity index (χ2v) is 6.80. The minimum atomic E-state index is 0.757. The summed E-state index contributed by atoms with van der Waals surface area (Å²) in [4.78, 5) is 2.50. The van der Waals surface area contributed by atoms with Gasteiger partial charge in [0.25, 0.3) is 0 Å².